The van der Waals surface area contributed by atoms with Gasteiger partial charge in [-0.1, -0.05) is 41.0 Å². The lowest BCUT2D eigenvalue weighted by atomic mass is 10.4. The van der Waals surface area contributed by atoms with Crippen molar-refractivity contribution in [2.24, 2.45) is 0 Å². The molecule has 7 heteroatoms. The fraction of sp³-hybridized carbons (Fsp3) is 0. The SMILES string of the molecule is O=[N+]([O-])c1c[c]sc1Sc1cccc(Cl)c1Cl. The van der Waals surface area contributed by atoms with Gasteiger partial charge < -0.3 is 0 Å². The molecule has 0 atom stereocenters. The first-order valence-corrected chi connectivity index (χ1v) is 6.74. The summed E-state index contributed by atoms with van der Waals surface area (Å²) in [5, 5.41) is 14.3. The maximum absolute atomic E-state index is 10.7. The van der Waals surface area contributed by atoms with Crippen molar-refractivity contribution < 1.29 is 4.92 Å². The molecule has 0 amide bonds. The summed E-state index contributed by atoms with van der Waals surface area (Å²) in [6, 6.07) is 6.54. The van der Waals surface area contributed by atoms with Gasteiger partial charge in [0.25, 0.3) is 5.69 Å². The van der Waals surface area contributed by atoms with E-state index in [0.29, 0.717) is 19.1 Å². The van der Waals surface area contributed by atoms with Gasteiger partial charge in [0.2, 0.25) is 0 Å². The topological polar surface area (TPSA) is 43.1 Å². The lowest BCUT2D eigenvalue weighted by Gasteiger charge is -2.03. The Kier molecular flexibility index (Phi) is 3.93. The van der Waals surface area contributed by atoms with E-state index >= 15 is 0 Å². The van der Waals surface area contributed by atoms with Gasteiger partial charge in [-0.25, -0.2) is 0 Å². The molecule has 1 radical (unpaired) electrons. The highest BCUT2D eigenvalue weighted by Gasteiger charge is 2.18. The Morgan fingerprint density at radius 3 is 2.88 bits per heavy atom. The van der Waals surface area contributed by atoms with Gasteiger partial charge in [-0.15, -0.1) is 11.3 Å². The molecular formula is C10H4Cl2NO2S2. The van der Waals surface area contributed by atoms with Crippen LogP contribution in [0.5, 0.6) is 0 Å². The highest BCUT2D eigenvalue weighted by Crippen LogP contribution is 2.42. The smallest absolute Gasteiger partial charge is 0.258 e. The molecule has 0 aliphatic carbocycles. The van der Waals surface area contributed by atoms with Crippen LogP contribution in [-0.4, -0.2) is 4.92 Å². The molecule has 1 aromatic carbocycles. The van der Waals surface area contributed by atoms with Crippen molar-refractivity contribution in [2.75, 3.05) is 0 Å². The number of thiophene rings is 1. The molecule has 0 aliphatic heterocycles. The van der Waals surface area contributed by atoms with Gasteiger partial charge >= 0.3 is 0 Å². The Hall–Kier alpha value is -0.750. The van der Waals surface area contributed by atoms with Crippen LogP contribution in [0.1, 0.15) is 0 Å². The molecule has 0 bridgehead atoms. The number of nitrogens with zero attached hydrogens (tertiary/aromatic N) is 1. The van der Waals surface area contributed by atoms with Crippen molar-refractivity contribution in [1.82, 2.24) is 0 Å². The van der Waals surface area contributed by atoms with Crippen LogP contribution < -0.4 is 0 Å². The minimum absolute atomic E-state index is 0.0380. The van der Waals surface area contributed by atoms with Gasteiger partial charge in [0.15, 0.2) is 0 Å². The predicted octanol–water partition coefficient (Wildman–Crippen LogP) is 4.91. The Morgan fingerprint density at radius 1 is 1.41 bits per heavy atom. The summed E-state index contributed by atoms with van der Waals surface area (Å²) < 4.78 is 0.541. The van der Waals surface area contributed by atoms with Crippen LogP contribution in [0.4, 0.5) is 5.69 Å². The molecule has 2 aromatic rings. The van der Waals surface area contributed by atoms with Gasteiger partial charge in [0.1, 0.15) is 4.21 Å². The fourth-order valence-electron chi connectivity index (χ4n) is 1.11. The van der Waals surface area contributed by atoms with E-state index in [9.17, 15) is 10.1 Å². The van der Waals surface area contributed by atoms with Crippen LogP contribution in [0, 0.1) is 15.5 Å². The number of hydrogen-bond acceptors (Lipinski definition) is 4. The molecule has 0 spiro atoms. The van der Waals surface area contributed by atoms with Gasteiger partial charge in [-0.3, -0.25) is 10.1 Å². The van der Waals surface area contributed by atoms with Gasteiger partial charge in [-0.2, -0.15) is 0 Å². The number of rotatable bonds is 3. The van der Waals surface area contributed by atoms with E-state index in [1.165, 1.54) is 29.2 Å². The molecule has 1 heterocycles. The van der Waals surface area contributed by atoms with E-state index in [-0.39, 0.29) is 5.69 Å². The highest BCUT2D eigenvalue weighted by molar-refractivity contribution is 8.01. The summed E-state index contributed by atoms with van der Waals surface area (Å²) in [7, 11) is 0. The average molecular weight is 305 g/mol. The van der Waals surface area contributed by atoms with E-state index in [4.69, 9.17) is 23.2 Å². The van der Waals surface area contributed by atoms with Crippen LogP contribution in [-0.2, 0) is 0 Å². The third kappa shape index (κ3) is 2.74. The zero-order valence-corrected chi connectivity index (χ0v) is 11.3. The fourth-order valence-corrected chi connectivity index (χ4v) is 3.47. The van der Waals surface area contributed by atoms with Crippen molar-refractivity contribution >= 4 is 52.0 Å². The van der Waals surface area contributed by atoms with E-state index in [1.807, 2.05) is 0 Å². The molecule has 87 valence electrons. The number of hydrogen-bond donors (Lipinski definition) is 0. The predicted molar refractivity (Wildman–Crippen MR) is 70.4 cm³/mol. The standard InChI is InChI=1S/C10H4Cl2NO2S2/c11-6-2-1-3-8(9(6)12)17-10-7(13(14)15)4-5-16-10/h1-4H. The Bertz CT molecular complexity index is 571. The first-order chi connectivity index (χ1) is 8.09. The average Bonchev–Trinajstić information content (AvgIpc) is 2.73. The monoisotopic (exact) mass is 304 g/mol. The molecule has 17 heavy (non-hydrogen) atoms. The van der Waals surface area contributed by atoms with Gasteiger partial charge in [0, 0.05) is 11.0 Å². The maximum Gasteiger partial charge on any atom is 0.294 e. The number of nitro groups is 1. The van der Waals surface area contributed by atoms with E-state index in [0.717, 1.165) is 0 Å². The van der Waals surface area contributed by atoms with Crippen molar-refractivity contribution in [1.29, 1.82) is 0 Å². The second-order valence-corrected chi connectivity index (χ2v) is 5.89. The van der Waals surface area contributed by atoms with Crippen LogP contribution in [0.3, 0.4) is 0 Å². The number of benzene rings is 1. The van der Waals surface area contributed by atoms with Crippen LogP contribution >= 0.6 is 46.3 Å². The third-order valence-corrected chi connectivity index (χ3v) is 4.89. The summed E-state index contributed by atoms with van der Waals surface area (Å²) in [4.78, 5) is 11.0. The van der Waals surface area contributed by atoms with Gasteiger partial charge in [-0.05, 0) is 12.1 Å². The lowest BCUT2D eigenvalue weighted by molar-refractivity contribution is -0.387. The molecule has 2 rings (SSSR count). The maximum atomic E-state index is 10.7. The lowest BCUT2D eigenvalue weighted by Crippen LogP contribution is -1.86. The molecule has 3 nitrogen and oxygen atoms in total. The Balaban J connectivity index is 2.35. The summed E-state index contributed by atoms with van der Waals surface area (Å²) >= 11 is 14.3. The molecule has 0 saturated carbocycles. The first kappa shape index (κ1) is 12.7. The third-order valence-electron chi connectivity index (χ3n) is 1.87. The minimum atomic E-state index is -0.437. The summed E-state index contributed by atoms with van der Waals surface area (Å²) in [5.41, 5.74) is 0.0380. The second kappa shape index (κ2) is 5.27. The second-order valence-electron chi connectivity index (χ2n) is 2.95. The molecule has 1 aromatic heterocycles. The molecular weight excluding hydrogens is 301 g/mol. The zero-order valence-electron chi connectivity index (χ0n) is 8.15. The Labute approximate surface area is 116 Å². The number of halogens is 2. The molecule has 0 unspecified atom stereocenters. The van der Waals surface area contributed by atoms with E-state index in [1.54, 1.807) is 18.2 Å². The summed E-state index contributed by atoms with van der Waals surface area (Å²) in [5.74, 6) is 0. The normalized spacial score (nSPS) is 10.5. The van der Waals surface area contributed by atoms with E-state index in [2.05, 4.69) is 5.38 Å². The minimum Gasteiger partial charge on any atom is -0.258 e. The summed E-state index contributed by atoms with van der Waals surface area (Å²) in [6.45, 7) is 0. The van der Waals surface area contributed by atoms with Gasteiger partial charge in [0.05, 0.1) is 20.3 Å². The van der Waals surface area contributed by atoms with Crippen molar-refractivity contribution in [2.45, 2.75) is 9.10 Å². The largest absolute Gasteiger partial charge is 0.294 e. The zero-order chi connectivity index (χ0) is 12.4. The van der Waals surface area contributed by atoms with Crippen LogP contribution in [0.2, 0.25) is 10.0 Å². The first-order valence-electron chi connectivity index (χ1n) is 4.35. The van der Waals surface area contributed by atoms with Crippen LogP contribution in [0.25, 0.3) is 0 Å². The van der Waals surface area contributed by atoms with Crippen molar-refractivity contribution in [3.05, 3.63) is 49.8 Å². The van der Waals surface area contributed by atoms with Crippen molar-refractivity contribution in [3.8, 4) is 0 Å². The molecule has 0 saturated heterocycles. The Morgan fingerprint density at radius 2 is 2.18 bits per heavy atom. The highest BCUT2D eigenvalue weighted by atomic mass is 35.5. The molecule has 0 N–H and O–H groups in total. The van der Waals surface area contributed by atoms with Crippen LogP contribution in [0.15, 0.2) is 33.4 Å². The summed E-state index contributed by atoms with van der Waals surface area (Å²) in [6.07, 6.45) is 0. The van der Waals surface area contributed by atoms with E-state index < -0.39 is 4.92 Å². The van der Waals surface area contributed by atoms with Crippen molar-refractivity contribution in [3.63, 3.8) is 0 Å². The quantitative estimate of drug-likeness (QED) is 0.597. The molecule has 0 fully saturated rings. The molecule has 0 aliphatic rings.